The normalized spacial score (nSPS) is 15.1. The Kier molecular flexibility index (Phi) is 6.68. The molecule has 1 fully saturated rings. The van der Waals surface area contributed by atoms with Gasteiger partial charge in [-0.2, -0.15) is 0 Å². The molecule has 0 aromatic carbocycles. The summed E-state index contributed by atoms with van der Waals surface area (Å²) >= 11 is 0. The molecule has 0 bridgehead atoms. The van der Waals surface area contributed by atoms with Gasteiger partial charge in [0.15, 0.2) is 5.96 Å². The Morgan fingerprint density at radius 2 is 2.11 bits per heavy atom. The van der Waals surface area contributed by atoms with Gasteiger partial charge in [-0.1, -0.05) is 0 Å². The van der Waals surface area contributed by atoms with Crippen LogP contribution in [0.4, 0.5) is 0 Å². The van der Waals surface area contributed by atoms with Gasteiger partial charge in [-0.05, 0) is 58.1 Å². The van der Waals surface area contributed by atoms with Crippen molar-refractivity contribution < 1.29 is 9.15 Å². The molecule has 2 N–H and O–H groups in total. The average Bonchev–Trinajstić information content (AvgIpc) is 3.28. The summed E-state index contributed by atoms with van der Waals surface area (Å²) in [5, 5.41) is 6.50. The number of hydrogen-bond acceptors (Lipinski definition) is 5. The smallest absolute Gasteiger partial charge is 0.214 e. The van der Waals surface area contributed by atoms with Crippen LogP contribution in [0.3, 0.4) is 0 Å². The van der Waals surface area contributed by atoms with E-state index in [1.165, 1.54) is 12.8 Å². The summed E-state index contributed by atoms with van der Waals surface area (Å²) < 4.78 is 11.6. The van der Waals surface area contributed by atoms with Crippen molar-refractivity contribution in [1.29, 1.82) is 0 Å². The number of guanidine groups is 1. The summed E-state index contributed by atoms with van der Waals surface area (Å²) in [6.07, 6.45) is 6.83. The number of nitrogens with zero attached hydrogens (tertiary/aromatic N) is 3. The van der Waals surface area contributed by atoms with Crippen molar-refractivity contribution in [2.24, 2.45) is 4.99 Å². The van der Waals surface area contributed by atoms with E-state index in [-0.39, 0.29) is 0 Å². The van der Waals surface area contributed by atoms with Crippen LogP contribution >= 0.6 is 0 Å². The highest BCUT2D eigenvalue weighted by Crippen LogP contribution is 2.23. The van der Waals surface area contributed by atoms with Crippen molar-refractivity contribution in [3.8, 4) is 5.88 Å². The van der Waals surface area contributed by atoms with E-state index in [1.54, 1.807) is 6.20 Å². The summed E-state index contributed by atoms with van der Waals surface area (Å²) in [4.78, 5) is 13.4. The third-order valence-corrected chi connectivity index (χ3v) is 4.63. The van der Waals surface area contributed by atoms with E-state index in [0.717, 1.165) is 42.4 Å². The minimum atomic E-state index is 0.308. The van der Waals surface area contributed by atoms with Crippen molar-refractivity contribution in [3.05, 3.63) is 41.2 Å². The number of ether oxygens (including phenoxy) is 1. The predicted octanol–water partition coefficient (Wildman–Crippen LogP) is 3.26. The number of aliphatic imine (C=N–C) groups is 1. The van der Waals surface area contributed by atoms with Gasteiger partial charge in [-0.3, -0.25) is 0 Å². The monoisotopic (exact) mass is 371 g/mol. The molecule has 1 aliphatic carbocycles. The van der Waals surface area contributed by atoms with E-state index in [9.17, 15) is 0 Å². The lowest BCUT2D eigenvalue weighted by molar-refractivity contribution is 0.201. The Labute approximate surface area is 160 Å². The molecule has 0 radical (unpaired) electrons. The predicted molar refractivity (Wildman–Crippen MR) is 105 cm³/mol. The molecule has 27 heavy (non-hydrogen) atoms. The summed E-state index contributed by atoms with van der Waals surface area (Å²) in [5.41, 5.74) is 1.98. The number of pyridine rings is 1. The second-order valence-corrected chi connectivity index (χ2v) is 6.82. The number of hydrogen-bond donors (Lipinski definition) is 2. The molecular formula is C20H29N5O2. The van der Waals surface area contributed by atoms with Gasteiger partial charge >= 0.3 is 0 Å². The number of nitrogens with one attached hydrogen (secondary N) is 2. The van der Waals surface area contributed by atoms with Crippen LogP contribution in [-0.2, 0) is 13.1 Å². The zero-order chi connectivity index (χ0) is 19.1. The second kappa shape index (κ2) is 9.39. The second-order valence-electron chi connectivity index (χ2n) is 6.82. The zero-order valence-corrected chi connectivity index (χ0v) is 16.4. The number of rotatable bonds is 7. The van der Waals surface area contributed by atoms with Crippen LogP contribution in [0.25, 0.3) is 0 Å². The van der Waals surface area contributed by atoms with Gasteiger partial charge in [0.2, 0.25) is 11.8 Å². The maximum absolute atomic E-state index is 5.98. The molecule has 0 spiro atoms. The molecular weight excluding hydrogens is 342 g/mol. The van der Waals surface area contributed by atoms with E-state index in [2.05, 4.69) is 25.6 Å². The highest BCUT2D eigenvalue weighted by Gasteiger charge is 2.17. The molecule has 0 unspecified atom stereocenters. The molecule has 146 valence electrons. The van der Waals surface area contributed by atoms with Crippen molar-refractivity contribution in [1.82, 2.24) is 20.6 Å². The lowest BCUT2D eigenvalue weighted by atomic mass is 10.2. The van der Waals surface area contributed by atoms with Gasteiger partial charge in [0.1, 0.15) is 11.9 Å². The topological polar surface area (TPSA) is 84.6 Å². The largest absolute Gasteiger partial charge is 0.474 e. The summed E-state index contributed by atoms with van der Waals surface area (Å²) in [6, 6.07) is 3.95. The lowest BCUT2D eigenvalue weighted by Gasteiger charge is -2.13. The van der Waals surface area contributed by atoms with Gasteiger partial charge in [0, 0.05) is 18.8 Å². The molecule has 3 rings (SSSR count). The van der Waals surface area contributed by atoms with Crippen molar-refractivity contribution in [2.45, 2.75) is 65.6 Å². The fourth-order valence-corrected chi connectivity index (χ4v) is 3.08. The SMILES string of the molecule is CCNC(=NCc1ccnc(OC2CCCC2)c1)NCc1nc(C)c(C)o1. The van der Waals surface area contributed by atoms with Crippen LogP contribution in [-0.4, -0.2) is 28.6 Å². The summed E-state index contributed by atoms with van der Waals surface area (Å²) in [7, 11) is 0. The van der Waals surface area contributed by atoms with Gasteiger partial charge in [0.25, 0.3) is 0 Å². The Hall–Kier alpha value is -2.57. The summed E-state index contributed by atoms with van der Waals surface area (Å²) in [6.45, 7) is 7.71. The number of oxazole rings is 1. The van der Waals surface area contributed by atoms with Gasteiger partial charge in [-0.25, -0.2) is 15.0 Å². The molecule has 1 saturated carbocycles. The van der Waals surface area contributed by atoms with Crippen LogP contribution in [0.1, 0.15) is 55.5 Å². The molecule has 0 atom stereocenters. The first kappa shape index (κ1) is 19.2. The molecule has 1 aliphatic rings. The van der Waals surface area contributed by atoms with Crippen molar-refractivity contribution in [2.75, 3.05) is 6.54 Å². The molecule has 0 amide bonds. The fraction of sp³-hybridized carbons (Fsp3) is 0.550. The highest BCUT2D eigenvalue weighted by molar-refractivity contribution is 5.79. The summed E-state index contributed by atoms with van der Waals surface area (Å²) in [5.74, 6) is 2.92. The van der Waals surface area contributed by atoms with Crippen LogP contribution < -0.4 is 15.4 Å². The van der Waals surface area contributed by atoms with Crippen LogP contribution in [0, 0.1) is 13.8 Å². The molecule has 0 saturated heterocycles. The van der Waals surface area contributed by atoms with Crippen LogP contribution in [0.5, 0.6) is 5.88 Å². The fourth-order valence-electron chi connectivity index (χ4n) is 3.08. The van der Waals surface area contributed by atoms with Crippen LogP contribution in [0.2, 0.25) is 0 Å². The van der Waals surface area contributed by atoms with Crippen LogP contribution in [0.15, 0.2) is 27.7 Å². The maximum Gasteiger partial charge on any atom is 0.214 e. The first-order valence-corrected chi connectivity index (χ1v) is 9.70. The maximum atomic E-state index is 5.98. The quantitative estimate of drug-likeness (QED) is 0.574. The molecule has 2 aromatic heterocycles. The Morgan fingerprint density at radius 3 is 2.81 bits per heavy atom. The van der Waals surface area contributed by atoms with Crippen molar-refractivity contribution in [3.63, 3.8) is 0 Å². The van der Waals surface area contributed by atoms with Crippen molar-refractivity contribution >= 4 is 5.96 Å². The lowest BCUT2D eigenvalue weighted by Crippen LogP contribution is -2.36. The van der Waals surface area contributed by atoms with Gasteiger partial charge in [-0.15, -0.1) is 0 Å². The molecule has 7 heteroatoms. The number of aromatic nitrogens is 2. The highest BCUT2D eigenvalue weighted by atomic mass is 16.5. The Bertz CT molecular complexity index is 746. The minimum Gasteiger partial charge on any atom is -0.474 e. The van der Waals surface area contributed by atoms with E-state index in [0.29, 0.717) is 31.0 Å². The first-order chi connectivity index (χ1) is 13.1. The number of aryl methyl sites for hydroxylation is 2. The molecule has 7 nitrogen and oxygen atoms in total. The average molecular weight is 371 g/mol. The standard InChI is InChI=1S/C20H29N5O2/c1-4-21-20(24-13-19-25-14(2)15(3)26-19)23-12-16-9-10-22-18(11-16)27-17-7-5-6-8-17/h9-11,17H,4-8,12-13H2,1-3H3,(H2,21,23,24). The van der Waals surface area contributed by atoms with E-state index in [4.69, 9.17) is 9.15 Å². The minimum absolute atomic E-state index is 0.308. The van der Waals surface area contributed by atoms with E-state index >= 15 is 0 Å². The third kappa shape index (κ3) is 5.70. The Balaban J connectivity index is 1.58. The van der Waals surface area contributed by atoms with Gasteiger partial charge in [0.05, 0.1) is 18.8 Å². The zero-order valence-electron chi connectivity index (χ0n) is 16.4. The Morgan fingerprint density at radius 1 is 1.30 bits per heavy atom. The third-order valence-electron chi connectivity index (χ3n) is 4.63. The first-order valence-electron chi connectivity index (χ1n) is 9.70. The molecule has 2 heterocycles. The van der Waals surface area contributed by atoms with Gasteiger partial charge < -0.3 is 19.8 Å². The molecule has 0 aliphatic heterocycles. The molecule has 2 aromatic rings. The van der Waals surface area contributed by atoms with E-state index in [1.807, 2.05) is 32.9 Å². The van der Waals surface area contributed by atoms with E-state index < -0.39 is 0 Å².